The van der Waals surface area contributed by atoms with E-state index in [4.69, 9.17) is 21.7 Å². The molecule has 1 saturated heterocycles. The van der Waals surface area contributed by atoms with Crippen molar-refractivity contribution in [1.82, 2.24) is 5.32 Å². The van der Waals surface area contributed by atoms with Crippen LogP contribution >= 0.6 is 24.0 Å². The molecule has 1 aromatic carbocycles. The molecule has 0 saturated carbocycles. The van der Waals surface area contributed by atoms with Crippen molar-refractivity contribution in [1.29, 1.82) is 0 Å². The summed E-state index contributed by atoms with van der Waals surface area (Å²) in [5, 5.41) is 13.7. The third-order valence-electron chi connectivity index (χ3n) is 2.74. The maximum atomic E-state index is 11.7. The zero-order valence-electron chi connectivity index (χ0n) is 11.7. The highest BCUT2D eigenvalue weighted by molar-refractivity contribution is 8.26. The molecule has 1 aromatic rings. The lowest BCUT2D eigenvalue weighted by atomic mass is 10.1. The van der Waals surface area contributed by atoms with Crippen molar-refractivity contribution >= 4 is 46.0 Å². The molecular weight excluding hydrogens is 328 g/mol. The minimum Gasteiger partial charge on any atom is -0.493 e. The second kappa shape index (κ2) is 6.75. The van der Waals surface area contributed by atoms with Crippen molar-refractivity contribution in [3.05, 3.63) is 32.7 Å². The Morgan fingerprint density at radius 3 is 2.68 bits per heavy atom. The summed E-state index contributed by atoms with van der Waals surface area (Å²) in [6.07, 6.45) is 1.41. The fraction of sp³-hybridized carbons (Fsp3) is 0.231. The lowest BCUT2D eigenvalue weighted by Crippen LogP contribution is -2.17. The van der Waals surface area contributed by atoms with Gasteiger partial charge < -0.3 is 14.8 Å². The Hall–Kier alpha value is -2.13. The Labute approximate surface area is 135 Å². The molecule has 1 N–H and O–H groups in total. The summed E-state index contributed by atoms with van der Waals surface area (Å²) in [7, 11) is 1.44. The van der Waals surface area contributed by atoms with Crippen LogP contribution in [-0.4, -0.2) is 28.9 Å². The normalized spacial score (nSPS) is 15.8. The summed E-state index contributed by atoms with van der Waals surface area (Å²) >= 11 is 5.94. The molecule has 0 aliphatic carbocycles. The van der Waals surface area contributed by atoms with Gasteiger partial charge in [-0.15, -0.1) is 0 Å². The Kier molecular flexibility index (Phi) is 4.99. The van der Waals surface area contributed by atoms with Crippen LogP contribution in [0.15, 0.2) is 17.0 Å². The highest BCUT2D eigenvalue weighted by Gasteiger charge is 2.25. The number of nitro groups is 1. The molecule has 1 aliphatic heterocycles. The highest BCUT2D eigenvalue weighted by atomic mass is 32.2. The first-order chi connectivity index (χ1) is 10.5. The van der Waals surface area contributed by atoms with Crippen molar-refractivity contribution in [2.45, 2.75) is 6.92 Å². The number of benzene rings is 1. The van der Waals surface area contributed by atoms with Crippen LogP contribution in [0, 0.1) is 10.1 Å². The lowest BCUT2D eigenvalue weighted by molar-refractivity contribution is -0.385. The van der Waals surface area contributed by atoms with E-state index in [0.717, 1.165) is 11.8 Å². The molecule has 0 aromatic heterocycles. The number of methoxy groups -OCH3 is 1. The zero-order chi connectivity index (χ0) is 16.3. The predicted molar refractivity (Wildman–Crippen MR) is 87.1 cm³/mol. The van der Waals surface area contributed by atoms with Crippen LogP contribution in [0.1, 0.15) is 12.5 Å². The van der Waals surface area contributed by atoms with Gasteiger partial charge in [-0.3, -0.25) is 14.9 Å². The van der Waals surface area contributed by atoms with Crippen molar-refractivity contribution in [2.24, 2.45) is 0 Å². The molecule has 1 fully saturated rings. The smallest absolute Gasteiger partial charge is 0.280 e. The molecule has 1 heterocycles. The summed E-state index contributed by atoms with van der Waals surface area (Å²) < 4.78 is 10.8. The van der Waals surface area contributed by atoms with Crippen LogP contribution in [-0.2, 0) is 4.79 Å². The van der Waals surface area contributed by atoms with E-state index in [1.807, 2.05) is 0 Å². The molecule has 0 unspecified atom stereocenters. The SMILES string of the molecule is CCOc1cc([N+](=O)[O-])c(/C=C2/SC(=S)NC2=O)cc1OC. The molecule has 22 heavy (non-hydrogen) atoms. The number of hydrogen-bond donors (Lipinski definition) is 1. The Morgan fingerprint density at radius 1 is 1.45 bits per heavy atom. The molecule has 0 spiro atoms. The Morgan fingerprint density at radius 2 is 2.18 bits per heavy atom. The Bertz CT molecular complexity index is 687. The van der Waals surface area contributed by atoms with Gasteiger partial charge in [0.05, 0.1) is 35.2 Å². The van der Waals surface area contributed by atoms with Crippen LogP contribution in [0.25, 0.3) is 6.08 Å². The van der Waals surface area contributed by atoms with Crippen LogP contribution in [0.5, 0.6) is 11.5 Å². The van der Waals surface area contributed by atoms with Gasteiger partial charge in [0.25, 0.3) is 11.6 Å². The van der Waals surface area contributed by atoms with Crippen LogP contribution in [0.4, 0.5) is 5.69 Å². The first-order valence-electron chi connectivity index (χ1n) is 6.20. The number of ether oxygens (including phenoxy) is 2. The molecule has 1 aliphatic rings. The number of hydrogen-bond acceptors (Lipinski definition) is 7. The number of thioether (sulfide) groups is 1. The largest absolute Gasteiger partial charge is 0.493 e. The van der Waals surface area contributed by atoms with Crippen molar-refractivity contribution in [3.8, 4) is 11.5 Å². The lowest BCUT2D eigenvalue weighted by Gasteiger charge is -2.10. The fourth-order valence-corrected chi connectivity index (χ4v) is 2.86. The minimum atomic E-state index is -0.538. The average Bonchev–Trinajstić information content (AvgIpc) is 2.78. The van der Waals surface area contributed by atoms with E-state index in [1.54, 1.807) is 6.92 Å². The van der Waals surface area contributed by atoms with Gasteiger partial charge in [0, 0.05) is 0 Å². The molecular formula is C13H12N2O5S2. The van der Waals surface area contributed by atoms with Crippen LogP contribution in [0.3, 0.4) is 0 Å². The van der Waals surface area contributed by atoms with Gasteiger partial charge in [-0.1, -0.05) is 24.0 Å². The topological polar surface area (TPSA) is 90.7 Å². The van der Waals surface area contributed by atoms with E-state index in [1.165, 1.54) is 25.3 Å². The molecule has 116 valence electrons. The van der Waals surface area contributed by atoms with E-state index in [0.29, 0.717) is 21.6 Å². The number of amides is 1. The molecule has 9 heteroatoms. The van der Waals surface area contributed by atoms with Crippen molar-refractivity contribution < 1.29 is 19.2 Å². The van der Waals surface area contributed by atoms with E-state index in [2.05, 4.69) is 5.32 Å². The van der Waals surface area contributed by atoms with Crippen molar-refractivity contribution in [2.75, 3.05) is 13.7 Å². The summed E-state index contributed by atoms with van der Waals surface area (Å²) in [6.45, 7) is 2.11. The second-order valence-electron chi connectivity index (χ2n) is 4.10. The first-order valence-corrected chi connectivity index (χ1v) is 7.42. The molecule has 1 amide bonds. The monoisotopic (exact) mass is 340 g/mol. The van der Waals surface area contributed by atoms with E-state index < -0.39 is 4.92 Å². The van der Waals surface area contributed by atoms with Gasteiger partial charge in [-0.25, -0.2) is 0 Å². The number of carbonyl (C=O) groups is 1. The van der Waals surface area contributed by atoms with Gasteiger partial charge >= 0.3 is 0 Å². The first kappa shape index (κ1) is 16.2. The van der Waals surface area contributed by atoms with Gasteiger partial charge in [0.15, 0.2) is 11.5 Å². The number of nitro benzene ring substituents is 1. The highest BCUT2D eigenvalue weighted by Crippen LogP contribution is 2.37. The third-order valence-corrected chi connectivity index (χ3v) is 3.90. The Balaban J connectivity index is 2.54. The van der Waals surface area contributed by atoms with Gasteiger partial charge in [0.1, 0.15) is 4.32 Å². The van der Waals surface area contributed by atoms with Crippen LogP contribution in [0.2, 0.25) is 0 Å². The average molecular weight is 340 g/mol. The number of carbonyl (C=O) groups excluding carboxylic acids is 1. The van der Waals surface area contributed by atoms with E-state index in [9.17, 15) is 14.9 Å². The third kappa shape index (κ3) is 3.37. The zero-order valence-corrected chi connectivity index (χ0v) is 13.4. The quantitative estimate of drug-likeness (QED) is 0.381. The van der Waals surface area contributed by atoms with Crippen molar-refractivity contribution in [3.63, 3.8) is 0 Å². The van der Waals surface area contributed by atoms with Gasteiger partial charge in [-0.2, -0.15) is 0 Å². The van der Waals surface area contributed by atoms with E-state index in [-0.39, 0.29) is 22.9 Å². The summed E-state index contributed by atoms with van der Waals surface area (Å²) in [5.74, 6) is 0.250. The second-order valence-corrected chi connectivity index (χ2v) is 5.82. The number of thiocarbonyl (C=S) groups is 1. The maximum absolute atomic E-state index is 11.7. The molecule has 2 rings (SSSR count). The standard InChI is InChI=1S/C13H12N2O5S2/c1-3-20-10-6-8(15(17)18)7(4-9(10)19-2)5-11-12(16)14-13(21)22-11/h4-6H,3H2,1-2H3,(H,14,16,21)/b11-5+. The molecule has 0 bridgehead atoms. The summed E-state index contributed by atoms with van der Waals surface area (Å²) in [6, 6.07) is 2.75. The minimum absolute atomic E-state index is 0.178. The predicted octanol–water partition coefficient (Wildman–Crippen LogP) is 2.49. The molecule has 7 nitrogen and oxygen atoms in total. The van der Waals surface area contributed by atoms with Gasteiger partial charge in [0.2, 0.25) is 0 Å². The molecule has 0 atom stereocenters. The van der Waals surface area contributed by atoms with E-state index >= 15 is 0 Å². The summed E-state index contributed by atoms with van der Waals surface area (Å²) in [4.78, 5) is 22.7. The fourth-order valence-electron chi connectivity index (χ4n) is 1.83. The maximum Gasteiger partial charge on any atom is 0.280 e. The van der Waals surface area contributed by atoms with Crippen LogP contribution < -0.4 is 14.8 Å². The number of nitrogens with zero attached hydrogens (tertiary/aromatic N) is 1. The van der Waals surface area contributed by atoms with Gasteiger partial charge in [-0.05, 0) is 19.1 Å². The number of rotatable bonds is 5. The summed E-state index contributed by atoms with van der Waals surface area (Å²) in [5.41, 5.74) is 0.0654. The number of nitrogens with one attached hydrogen (secondary N) is 1. The molecule has 0 radical (unpaired) electrons.